The number of phenols is 3. The summed E-state index contributed by atoms with van der Waals surface area (Å²) in [6.07, 6.45) is -14.4. The van der Waals surface area contributed by atoms with Crippen molar-refractivity contribution in [2.75, 3.05) is 13.2 Å². The van der Waals surface area contributed by atoms with Crippen LogP contribution in [0.3, 0.4) is 0 Å². The van der Waals surface area contributed by atoms with Gasteiger partial charge in [0, 0.05) is 23.3 Å². The van der Waals surface area contributed by atoms with E-state index >= 15 is 0 Å². The van der Waals surface area contributed by atoms with Gasteiger partial charge in [0.15, 0.2) is 28.8 Å². The highest BCUT2D eigenvalue weighted by molar-refractivity contribution is 5.72. The number of fused-ring (bicyclic) bond motifs is 1. The van der Waals surface area contributed by atoms with Gasteiger partial charge in [0.25, 0.3) is 0 Å². The zero-order valence-corrected chi connectivity index (χ0v) is 22.6. The van der Waals surface area contributed by atoms with Crippen LogP contribution >= 0.6 is 0 Å². The lowest BCUT2D eigenvalue weighted by Gasteiger charge is -2.41. The first-order valence-corrected chi connectivity index (χ1v) is 13.3. The van der Waals surface area contributed by atoms with E-state index in [9.17, 15) is 61.3 Å². The minimum atomic E-state index is -1.87. The second-order valence-corrected chi connectivity index (χ2v) is 10.4. The Labute approximate surface area is 247 Å². The van der Waals surface area contributed by atoms with Crippen LogP contribution in [-0.4, -0.2) is 142 Å². The Kier molecular flexibility index (Phi) is 8.96. The molecular formula is C27H32O17. The largest absolute Gasteiger partial charge is 0.508 e. The van der Waals surface area contributed by atoms with Crippen LogP contribution in [0.15, 0.2) is 53.2 Å². The molecule has 0 bridgehead atoms. The average Bonchev–Trinajstić information content (AvgIpc) is 2.99. The minimum absolute atomic E-state index is 0.0651. The maximum absolute atomic E-state index is 10.6. The molecule has 3 heterocycles. The number of ether oxygens (including phenoxy) is 5. The smallest absolute Gasteiger partial charge is 0.229 e. The maximum atomic E-state index is 10.6. The summed E-state index contributed by atoms with van der Waals surface area (Å²) in [4.78, 5) is 0. The van der Waals surface area contributed by atoms with Gasteiger partial charge in [-0.3, -0.25) is 0 Å². The number of aliphatic hydroxyl groups excluding tert-OH is 9. The van der Waals surface area contributed by atoms with E-state index < -0.39 is 104 Å². The van der Waals surface area contributed by atoms with Crippen molar-refractivity contribution in [3.8, 4) is 17.2 Å². The third-order valence-corrected chi connectivity index (χ3v) is 7.46. The molecule has 44 heavy (non-hydrogen) atoms. The number of phenolic OH excluding ortho intramolecular Hbond substituents is 3. The highest BCUT2D eigenvalue weighted by Gasteiger charge is 2.47. The number of hydrogen-bond donors (Lipinski definition) is 12. The fourth-order valence-electron chi connectivity index (χ4n) is 5.01. The SMILES string of the molecule is OC[C@H]1O[C@@H](OC2=CC(O)=CC3OC(c4cc(O)c(O)c(O)c4)=C(O[C@H]4O[C@H](CO)[C@@H](O)[C@H](O)[C@H]4O)C=C23)[C@H](O)[C@@H](O)[C@@H]1O. The zero-order valence-electron chi connectivity index (χ0n) is 22.6. The number of benzene rings is 1. The van der Waals surface area contributed by atoms with Crippen LogP contribution < -0.4 is 0 Å². The third-order valence-electron chi connectivity index (χ3n) is 7.46. The molecule has 0 saturated carbocycles. The van der Waals surface area contributed by atoms with Gasteiger partial charge in [0.2, 0.25) is 12.6 Å². The number of aromatic hydroxyl groups is 3. The molecule has 242 valence electrons. The lowest BCUT2D eigenvalue weighted by molar-refractivity contribution is -0.291. The Balaban J connectivity index is 1.55. The molecule has 0 aromatic heterocycles. The monoisotopic (exact) mass is 628 g/mol. The number of rotatable bonds is 7. The first-order valence-electron chi connectivity index (χ1n) is 13.3. The predicted octanol–water partition coefficient (Wildman–Crippen LogP) is -3.23. The topological polar surface area (TPSA) is 289 Å². The third kappa shape index (κ3) is 5.77. The van der Waals surface area contributed by atoms with Crippen LogP contribution in [0.1, 0.15) is 5.56 Å². The zero-order chi connectivity index (χ0) is 32.0. The van der Waals surface area contributed by atoms with Gasteiger partial charge in [-0.2, -0.15) is 0 Å². The first-order chi connectivity index (χ1) is 20.8. The lowest BCUT2D eigenvalue weighted by atomic mass is 9.96. The second kappa shape index (κ2) is 12.4. The van der Waals surface area contributed by atoms with E-state index in [0.29, 0.717) is 0 Å². The van der Waals surface area contributed by atoms with E-state index in [2.05, 4.69) is 0 Å². The lowest BCUT2D eigenvalue weighted by Crippen LogP contribution is -2.59. The predicted molar refractivity (Wildman–Crippen MR) is 140 cm³/mol. The summed E-state index contributed by atoms with van der Waals surface area (Å²) < 4.78 is 28.4. The van der Waals surface area contributed by atoms with Crippen molar-refractivity contribution in [1.82, 2.24) is 0 Å². The van der Waals surface area contributed by atoms with Gasteiger partial charge in [0.05, 0.1) is 13.2 Å². The molecule has 0 spiro atoms. The van der Waals surface area contributed by atoms with E-state index in [0.717, 1.165) is 18.2 Å². The van der Waals surface area contributed by atoms with E-state index in [1.807, 2.05) is 0 Å². The Morgan fingerprint density at radius 2 is 1.18 bits per heavy atom. The quantitative estimate of drug-likeness (QED) is 0.132. The van der Waals surface area contributed by atoms with E-state index in [4.69, 9.17) is 23.7 Å². The van der Waals surface area contributed by atoms with E-state index in [1.54, 1.807) is 0 Å². The summed E-state index contributed by atoms with van der Waals surface area (Å²) in [6, 6.07) is 1.99. The molecule has 2 fully saturated rings. The molecule has 12 N–H and O–H groups in total. The summed E-state index contributed by atoms with van der Waals surface area (Å²) in [5.74, 6) is -3.56. The summed E-state index contributed by atoms with van der Waals surface area (Å²) >= 11 is 0. The van der Waals surface area contributed by atoms with Crippen molar-refractivity contribution in [1.29, 1.82) is 0 Å². The van der Waals surface area contributed by atoms with Crippen LogP contribution in [-0.2, 0) is 23.7 Å². The Morgan fingerprint density at radius 1 is 0.659 bits per heavy atom. The van der Waals surface area contributed by atoms with Crippen molar-refractivity contribution in [2.45, 2.75) is 67.5 Å². The molecule has 1 aromatic carbocycles. The van der Waals surface area contributed by atoms with Crippen molar-refractivity contribution in [2.24, 2.45) is 0 Å². The normalized spacial score (nSPS) is 37.3. The highest BCUT2D eigenvalue weighted by atomic mass is 16.7. The molecule has 3 aliphatic heterocycles. The Bertz CT molecular complexity index is 1340. The van der Waals surface area contributed by atoms with E-state index in [1.165, 1.54) is 12.2 Å². The summed E-state index contributed by atoms with van der Waals surface area (Å²) in [7, 11) is 0. The fraction of sp³-hybridized carbons (Fsp3) is 0.481. The molecule has 17 heteroatoms. The molecule has 0 amide bonds. The summed E-state index contributed by atoms with van der Waals surface area (Å²) in [6.45, 7) is -1.50. The van der Waals surface area contributed by atoms with Gasteiger partial charge in [-0.25, -0.2) is 0 Å². The van der Waals surface area contributed by atoms with E-state index in [-0.39, 0.29) is 28.4 Å². The standard InChI is InChI=1S/C27H32O17/c28-6-16-19(34)21(36)23(38)26(43-16)41-14-4-9(30)3-13-10(14)5-15(25(40-13)8-1-11(31)18(33)12(32)2-8)42-27-24(39)22(37)20(35)17(7-29)44-27/h1-5,13,16-17,19-24,26-39H,6-7H2/t13?,16-,17-,19-,20-,21+,22+,23-,24-,26-,27+/m1/s1. The minimum Gasteiger partial charge on any atom is -0.508 e. The van der Waals surface area contributed by atoms with Gasteiger partial charge in [-0.15, -0.1) is 0 Å². The first kappa shape index (κ1) is 31.8. The molecule has 11 atom stereocenters. The van der Waals surface area contributed by atoms with Crippen LogP contribution in [0.2, 0.25) is 0 Å². The highest BCUT2D eigenvalue weighted by Crippen LogP contribution is 2.43. The summed E-state index contributed by atoms with van der Waals surface area (Å²) in [5.41, 5.74) is -0.0261. The Hall–Kier alpha value is -3.62. The maximum Gasteiger partial charge on any atom is 0.229 e. The van der Waals surface area contributed by atoms with Crippen molar-refractivity contribution >= 4 is 5.76 Å². The van der Waals surface area contributed by atoms with Gasteiger partial charge in [0.1, 0.15) is 66.5 Å². The van der Waals surface area contributed by atoms with Gasteiger partial charge >= 0.3 is 0 Å². The average molecular weight is 629 g/mol. The molecule has 4 aliphatic rings. The fourth-order valence-corrected chi connectivity index (χ4v) is 5.01. The van der Waals surface area contributed by atoms with Crippen LogP contribution in [0.25, 0.3) is 5.76 Å². The molecule has 5 rings (SSSR count). The van der Waals surface area contributed by atoms with Crippen LogP contribution in [0, 0.1) is 0 Å². The second-order valence-electron chi connectivity index (χ2n) is 10.4. The molecule has 0 radical (unpaired) electrons. The van der Waals surface area contributed by atoms with Gasteiger partial charge in [-0.1, -0.05) is 0 Å². The number of aliphatic hydroxyl groups is 9. The number of hydrogen-bond acceptors (Lipinski definition) is 17. The van der Waals surface area contributed by atoms with Crippen molar-refractivity contribution in [3.05, 3.63) is 58.8 Å². The number of allylic oxidation sites excluding steroid dienone is 2. The van der Waals surface area contributed by atoms with Crippen molar-refractivity contribution < 1.29 is 85.0 Å². The van der Waals surface area contributed by atoms with Gasteiger partial charge in [-0.05, 0) is 18.2 Å². The summed E-state index contributed by atoms with van der Waals surface area (Å²) in [5, 5.41) is 121. The molecular weight excluding hydrogens is 596 g/mol. The van der Waals surface area contributed by atoms with Crippen LogP contribution in [0.4, 0.5) is 0 Å². The molecule has 17 nitrogen and oxygen atoms in total. The molecule has 1 aliphatic carbocycles. The van der Waals surface area contributed by atoms with Crippen LogP contribution in [0.5, 0.6) is 17.2 Å². The Morgan fingerprint density at radius 3 is 1.70 bits per heavy atom. The van der Waals surface area contributed by atoms with Crippen molar-refractivity contribution in [3.63, 3.8) is 0 Å². The van der Waals surface area contributed by atoms with Gasteiger partial charge < -0.3 is 85.0 Å². The molecule has 1 aromatic rings. The molecule has 2 saturated heterocycles. The molecule has 1 unspecified atom stereocenters.